The fourth-order valence-electron chi connectivity index (χ4n) is 4.07. The van der Waals surface area contributed by atoms with Crippen LogP contribution < -0.4 is 10.2 Å². The number of benzene rings is 1. The molecule has 0 aromatic heterocycles. The number of nitro benzene ring substituents is 1. The van der Waals surface area contributed by atoms with E-state index in [1.807, 2.05) is 0 Å². The summed E-state index contributed by atoms with van der Waals surface area (Å²) in [7, 11) is 0. The highest BCUT2D eigenvalue weighted by atomic mass is 16.6. The normalized spacial score (nSPS) is 23.0. The number of non-ortho nitro benzene ring substituents is 1. The molecular formula is C20H28N4O4. The van der Waals surface area contributed by atoms with Gasteiger partial charge >= 0.3 is 0 Å². The molecule has 2 atom stereocenters. The maximum atomic E-state index is 13.0. The van der Waals surface area contributed by atoms with Gasteiger partial charge in [0.05, 0.1) is 22.6 Å². The molecule has 2 unspecified atom stereocenters. The van der Waals surface area contributed by atoms with Gasteiger partial charge in [0.1, 0.15) is 0 Å². The highest BCUT2D eigenvalue weighted by Crippen LogP contribution is 2.29. The summed E-state index contributed by atoms with van der Waals surface area (Å²) >= 11 is 0. The summed E-state index contributed by atoms with van der Waals surface area (Å²) < 4.78 is 0. The van der Waals surface area contributed by atoms with Gasteiger partial charge in [0.2, 0.25) is 11.8 Å². The van der Waals surface area contributed by atoms with Crippen LogP contribution in [0.15, 0.2) is 24.3 Å². The van der Waals surface area contributed by atoms with Crippen molar-refractivity contribution in [1.29, 1.82) is 0 Å². The van der Waals surface area contributed by atoms with Gasteiger partial charge in [-0.3, -0.25) is 24.6 Å². The predicted octanol–water partition coefficient (Wildman–Crippen LogP) is 2.33. The van der Waals surface area contributed by atoms with Gasteiger partial charge in [-0.05, 0) is 38.3 Å². The molecule has 8 nitrogen and oxygen atoms in total. The summed E-state index contributed by atoms with van der Waals surface area (Å²) in [4.78, 5) is 39.7. The van der Waals surface area contributed by atoms with Crippen LogP contribution in [0.1, 0.15) is 39.0 Å². The zero-order valence-electron chi connectivity index (χ0n) is 16.3. The first-order valence-electron chi connectivity index (χ1n) is 10.1. The van der Waals surface area contributed by atoms with Crippen LogP contribution in [-0.4, -0.2) is 53.9 Å². The van der Waals surface area contributed by atoms with Crippen LogP contribution in [0.4, 0.5) is 11.4 Å². The maximum absolute atomic E-state index is 13.0. The molecule has 28 heavy (non-hydrogen) atoms. The zero-order valence-corrected chi connectivity index (χ0v) is 16.3. The molecule has 2 heterocycles. The third kappa shape index (κ3) is 4.49. The van der Waals surface area contributed by atoms with E-state index in [4.69, 9.17) is 0 Å². The van der Waals surface area contributed by atoms with Crippen LogP contribution in [-0.2, 0) is 9.59 Å². The van der Waals surface area contributed by atoms with Crippen molar-refractivity contribution in [2.24, 2.45) is 5.92 Å². The van der Waals surface area contributed by atoms with Crippen LogP contribution >= 0.6 is 0 Å². The molecule has 3 rings (SSSR count). The van der Waals surface area contributed by atoms with E-state index in [1.165, 1.54) is 12.1 Å². The van der Waals surface area contributed by atoms with Gasteiger partial charge in [0.15, 0.2) is 0 Å². The molecule has 1 aromatic rings. The molecule has 0 aliphatic carbocycles. The van der Waals surface area contributed by atoms with Gasteiger partial charge < -0.3 is 10.2 Å². The molecule has 8 heteroatoms. The number of unbranched alkanes of at least 4 members (excludes halogenated alkanes) is 1. The molecular weight excluding hydrogens is 360 g/mol. The lowest BCUT2D eigenvalue weighted by atomic mass is 9.95. The SMILES string of the molecule is CCCCNC(=O)C1CCCN(C2CCN(c3cccc([N+](=O)[O-])c3)C2=O)C1. The van der Waals surface area contributed by atoms with Gasteiger partial charge in [-0.15, -0.1) is 0 Å². The van der Waals surface area contributed by atoms with Crippen LogP contribution in [0.25, 0.3) is 0 Å². The van der Waals surface area contributed by atoms with Gasteiger partial charge in [-0.2, -0.15) is 0 Å². The Bertz CT molecular complexity index is 739. The van der Waals surface area contributed by atoms with E-state index in [0.29, 0.717) is 31.7 Å². The van der Waals surface area contributed by atoms with Crippen molar-refractivity contribution < 1.29 is 14.5 Å². The topological polar surface area (TPSA) is 95.8 Å². The lowest BCUT2D eigenvalue weighted by Crippen LogP contribution is -2.49. The molecule has 2 saturated heterocycles. The van der Waals surface area contributed by atoms with Crippen molar-refractivity contribution >= 4 is 23.2 Å². The molecule has 2 fully saturated rings. The Labute approximate surface area is 165 Å². The Hall–Kier alpha value is -2.48. The largest absolute Gasteiger partial charge is 0.356 e. The molecule has 0 bridgehead atoms. The average molecular weight is 388 g/mol. The smallest absolute Gasteiger partial charge is 0.271 e. The standard InChI is InChI=1S/C20H28N4O4/c1-2-3-10-21-19(25)15-6-5-11-22(14-15)18-9-12-23(20(18)26)16-7-4-8-17(13-16)24(27)28/h4,7-8,13,15,18H,2-3,5-6,9-12,14H2,1H3,(H,21,25). The Balaban J connectivity index is 1.63. The Kier molecular flexibility index (Phi) is 6.61. The number of amides is 2. The second kappa shape index (κ2) is 9.14. The fourth-order valence-corrected chi connectivity index (χ4v) is 4.07. The van der Waals surface area contributed by atoms with Gasteiger partial charge in [0, 0.05) is 31.8 Å². The molecule has 152 valence electrons. The van der Waals surface area contributed by atoms with Crippen LogP contribution in [0.3, 0.4) is 0 Å². The summed E-state index contributed by atoms with van der Waals surface area (Å²) in [5, 5.41) is 14.0. The molecule has 0 saturated carbocycles. The van der Waals surface area contributed by atoms with Crippen LogP contribution in [0.5, 0.6) is 0 Å². The van der Waals surface area contributed by atoms with Crippen LogP contribution in [0.2, 0.25) is 0 Å². The van der Waals surface area contributed by atoms with Crippen molar-refractivity contribution in [2.45, 2.75) is 45.1 Å². The number of rotatable bonds is 7. The summed E-state index contributed by atoms with van der Waals surface area (Å²) in [5.41, 5.74) is 0.545. The van der Waals surface area contributed by atoms with E-state index in [2.05, 4.69) is 17.1 Å². The Morgan fingerprint density at radius 3 is 2.89 bits per heavy atom. The van der Waals surface area contributed by atoms with E-state index in [9.17, 15) is 19.7 Å². The van der Waals surface area contributed by atoms with Crippen molar-refractivity contribution in [3.8, 4) is 0 Å². The lowest BCUT2D eigenvalue weighted by Gasteiger charge is -2.35. The number of piperidine rings is 1. The zero-order chi connectivity index (χ0) is 20.1. The summed E-state index contributed by atoms with van der Waals surface area (Å²) in [6.45, 7) is 4.73. The number of hydrogen-bond donors (Lipinski definition) is 1. The third-order valence-electron chi connectivity index (χ3n) is 5.62. The van der Waals surface area contributed by atoms with Gasteiger partial charge in [0.25, 0.3) is 5.69 Å². The molecule has 1 aromatic carbocycles. The predicted molar refractivity (Wildman–Crippen MR) is 106 cm³/mol. The van der Waals surface area contributed by atoms with E-state index in [1.54, 1.807) is 17.0 Å². The molecule has 2 aliphatic heterocycles. The monoisotopic (exact) mass is 388 g/mol. The number of carbonyl (C=O) groups excluding carboxylic acids is 2. The highest BCUT2D eigenvalue weighted by molar-refractivity contribution is 5.99. The van der Waals surface area contributed by atoms with Gasteiger partial charge in [-0.1, -0.05) is 19.4 Å². The maximum Gasteiger partial charge on any atom is 0.271 e. The number of nitro groups is 1. The number of hydrogen-bond acceptors (Lipinski definition) is 5. The molecule has 1 N–H and O–H groups in total. The Morgan fingerprint density at radius 1 is 1.32 bits per heavy atom. The van der Waals surface area contributed by atoms with Gasteiger partial charge in [-0.25, -0.2) is 0 Å². The molecule has 2 aliphatic rings. The van der Waals surface area contributed by atoms with Crippen molar-refractivity contribution in [3.05, 3.63) is 34.4 Å². The number of likely N-dealkylation sites (tertiary alicyclic amines) is 1. The number of nitrogens with one attached hydrogen (secondary N) is 1. The second-order valence-electron chi connectivity index (χ2n) is 7.55. The second-order valence-corrected chi connectivity index (χ2v) is 7.55. The van der Waals surface area contributed by atoms with E-state index in [0.717, 1.165) is 32.2 Å². The molecule has 2 amide bonds. The van der Waals surface area contributed by atoms with Crippen molar-refractivity contribution in [1.82, 2.24) is 10.2 Å². The summed E-state index contributed by atoms with van der Waals surface area (Å²) in [6.07, 6.45) is 4.44. The Morgan fingerprint density at radius 2 is 2.14 bits per heavy atom. The van der Waals surface area contributed by atoms with Crippen LogP contribution in [0, 0.1) is 16.0 Å². The highest BCUT2D eigenvalue weighted by Gasteiger charge is 2.39. The average Bonchev–Trinajstić information content (AvgIpc) is 3.09. The van der Waals surface area contributed by atoms with E-state index >= 15 is 0 Å². The number of carbonyl (C=O) groups is 2. The molecule has 0 radical (unpaired) electrons. The minimum Gasteiger partial charge on any atom is -0.356 e. The summed E-state index contributed by atoms with van der Waals surface area (Å²) in [5.74, 6) is -0.0306. The number of nitrogens with zero attached hydrogens (tertiary/aromatic N) is 3. The molecule has 0 spiro atoms. The minimum absolute atomic E-state index is 0.0180. The fraction of sp³-hybridized carbons (Fsp3) is 0.600. The first-order valence-corrected chi connectivity index (χ1v) is 10.1. The minimum atomic E-state index is -0.450. The first kappa shape index (κ1) is 20.3. The van der Waals surface area contributed by atoms with Crippen molar-refractivity contribution in [3.63, 3.8) is 0 Å². The third-order valence-corrected chi connectivity index (χ3v) is 5.62. The van der Waals surface area contributed by atoms with E-state index < -0.39 is 4.92 Å². The van der Waals surface area contributed by atoms with Crippen molar-refractivity contribution in [2.75, 3.05) is 31.1 Å². The first-order chi connectivity index (χ1) is 13.5. The summed E-state index contributed by atoms with van der Waals surface area (Å²) in [6, 6.07) is 5.94. The lowest BCUT2D eigenvalue weighted by molar-refractivity contribution is -0.384. The quantitative estimate of drug-likeness (QED) is 0.439. The van der Waals surface area contributed by atoms with E-state index in [-0.39, 0.29) is 29.5 Å². The number of anilines is 1.